The molecule has 0 aliphatic carbocycles. The van der Waals surface area contributed by atoms with E-state index in [4.69, 9.17) is 4.74 Å². The molecule has 1 fully saturated rings. The molecule has 1 aliphatic heterocycles. The Hall–Kier alpha value is -2.21. The maximum Gasteiger partial charge on any atom is 0.252 e. The molecule has 2 heterocycles. The van der Waals surface area contributed by atoms with Crippen LogP contribution in [-0.2, 0) is 9.53 Å². The Morgan fingerprint density at radius 3 is 2.74 bits per heavy atom. The molecule has 6 heteroatoms. The summed E-state index contributed by atoms with van der Waals surface area (Å²) in [5.41, 5.74) is 0.991. The van der Waals surface area contributed by atoms with Crippen molar-refractivity contribution in [1.29, 1.82) is 0 Å². The van der Waals surface area contributed by atoms with E-state index < -0.39 is 0 Å². The summed E-state index contributed by atoms with van der Waals surface area (Å²) in [6, 6.07) is 1.69. The van der Waals surface area contributed by atoms with Crippen molar-refractivity contribution >= 4 is 17.9 Å². The molecular formula is C17H23N3O3. The third kappa shape index (κ3) is 4.63. The highest BCUT2D eigenvalue weighted by Crippen LogP contribution is 2.24. The average molecular weight is 317 g/mol. The molecule has 1 aromatic heterocycles. The van der Waals surface area contributed by atoms with E-state index in [2.05, 4.69) is 22.5 Å². The van der Waals surface area contributed by atoms with Gasteiger partial charge in [-0.25, -0.2) is 0 Å². The zero-order valence-electron chi connectivity index (χ0n) is 13.6. The monoisotopic (exact) mass is 317 g/mol. The van der Waals surface area contributed by atoms with E-state index in [-0.39, 0.29) is 17.4 Å². The normalized spacial score (nSPS) is 17.0. The van der Waals surface area contributed by atoms with Crippen LogP contribution in [0.15, 0.2) is 24.5 Å². The molecule has 2 N–H and O–H groups in total. The van der Waals surface area contributed by atoms with Crippen LogP contribution in [0.5, 0.6) is 0 Å². The first-order valence-corrected chi connectivity index (χ1v) is 7.84. The number of nitrogens with zero attached hydrogens (tertiary/aromatic N) is 1. The van der Waals surface area contributed by atoms with E-state index in [9.17, 15) is 9.59 Å². The van der Waals surface area contributed by atoms with E-state index in [1.165, 1.54) is 12.3 Å². The Balaban J connectivity index is 2.02. The number of amides is 2. The summed E-state index contributed by atoms with van der Waals surface area (Å²) in [4.78, 5) is 27.8. The Morgan fingerprint density at radius 2 is 2.09 bits per heavy atom. The third-order valence-electron chi connectivity index (χ3n) is 4.19. The van der Waals surface area contributed by atoms with Crippen LogP contribution in [-0.4, -0.2) is 42.6 Å². The predicted molar refractivity (Wildman–Crippen MR) is 87.9 cm³/mol. The van der Waals surface area contributed by atoms with Crippen molar-refractivity contribution in [3.8, 4) is 0 Å². The molecule has 2 amide bonds. The fourth-order valence-electron chi connectivity index (χ4n) is 2.62. The van der Waals surface area contributed by atoms with Crippen molar-refractivity contribution in [1.82, 2.24) is 15.6 Å². The number of nitrogens with one attached hydrogen (secondary N) is 2. The molecule has 0 radical (unpaired) electrons. The van der Waals surface area contributed by atoms with Gasteiger partial charge in [0.15, 0.2) is 0 Å². The zero-order chi connectivity index (χ0) is 16.7. The Morgan fingerprint density at radius 1 is 1.35 bits per heavy atom. The summed E-state index contributed by atoms with van der Waals surface area (Å²) in [6.45, 7) is 3.43. The lowest BCUT2D eigenvalue weighted by atomic mass is 9.87. The molecule has 1 aliphatic rings. The number of pyridine rings is 1. The standard InChI is InChI=1S/C17H23N3O3/c1-3-17(6-8-23-9-7-17)20-15(21)5-4-13-10-14(12-19-11-13)16(22)18-2/h4-5,10-12H,3,6-9H2,1-2H3,(H,18,22)(H,20,21)/b5-4+. The third-order valence-corrected chi connectivity index (χ3v) is 4.19. The molecule has 124 valence electrons. The minimum atomic E-state index is -0.204. The smallest absolute Gasteiger partial charge is 0.252 e. The highest BCUT2D eigenvalue weighted by molar-refractivity contribution is 5.95. The maximum atomic E-state index is 12.2. The first-order chi connectivity index (χ1) is 11.1. The van der Waals surface area contributed by atoms with E-state index in [1.807, 2.05) is 0 Å². The number of hydrogen-bond donors (Lipinski definition) is 2. The first-order valence-electron chi connectivity index (χ1n) is 7.84. The van der Waals surface area contributed by atoms with Crippen LogP contribution in [0.2, 0.25) is 0 Å². The van der Waals surface area contributed by atoms with E-state index in [0.717, 1.165) is 19.3 Å². The van der Waals surface area contributed by atoms with Crippen LogP contribution in [0.1, 0.15) is 42.1 Å². The lowest BCUT2D eigenvalue weighted by molar-refractivity contribution is -0.119. The maximum absolute atomic E-state index is 12.2. The fourth-order valence-corrected chi connectivity index (χ4v) is 2.62. The number of rotatable bonds is 5. The lowest BCUT2D eigenvalue weighted by Crippen LogP contribution is -2.51. The first kappa shape index (κ1) is 17.1. The molecule has 23 heavy (non-hydrogen) atoms. The van der Waals surface area contributed by atoms with Crippen molar-refractivity contribution in [3.63, 3.8) is 0 Å². The van der Waals surface area contributed by atoms with Gasteiger partial charge in [0.2, 0.25) is 5.91 Å². The summed E-state index contributed by atoms with van der Waals surface area (Å²) < 4.78 is 5.37. The minimum Gasteiger partial charge on any atom is -0.381 e. The van der Waals surface area contributed by atoms with Crippen molar-refractivity contribution in [3.05, 3.63) is 35.7 Å². The van der Waals surface area contributed by atoms with Gasteiger partial charge >= 0.3 is 0 Å². The van der Waals surface area contributed by atoms with Crippen molar-refractivity contribution in [2.75, 3.05) is 20.3 Å². The second-order valence-corrected chi connectivity index (χ2v) is 5.65. The molecule has 0 bridgehead atoms. The van der Waals surface area contributed by atoms with Gasteiger partial charge in [0.05, 0.1) is 5.56 Å². The minimum absolute atomic E-state index is 0.140. The highest BCUT2D eigenvalue weighted by Gasteiger charge is 2.31. The summed E-state index contributed by atoms with van der Waals surface area (Å²) in [6.07, 6.45) is 8.79. The number of aromatic nitrogens is 1. The van der Waals surface area contributed by atoms with Gasteiger partial charge in [0.25, 0.3) is 5.91 Å². The van der Waals surface area contributed by atoms with E-state index >= 15 is 0 Å². The number of hydrogen-bond acceptors (Lipinski definition) is 4. The van der Waals surface area contributed by atoms with Gasteiger partial charge in [0.1, 0.15) is 0 Å². The van der Waals surface area contributed by atoms with Gasteiger partial charge < -0.3 is 15.4 Å². The molecule has 0 saturated carbocycles. The average Bonchev–Trinajstić information content (AvgIpc) is 2.60. The molecular weight excluding hydrogens is 294 g/mol. The number of ether oxygens (including phenoxy) is 1. The predicted octanol–water partition coefficient (Wildman–Crippen LogP) is 1.53. The molecule has 1 aromatic rings. The Kier molecular flexibility index (Phi) is 5.87. The molecule has 0 aromatic carbocycles. The second kappa shape index (κ2) is 7.87. The van der Waals surface area contributed by atoms with Gasteiger partial charge in [-0.05, 0) is 37.0 Å². The van der Waals surface area contributed by atoms with E-state index in [1.54, 1.807) is 25.4 Å². The molecule has 1 saturated heterocycles. The summed E-state index contributed by atoms with van der Waals surface area (Å²) >= 11 is 0. The van der Waals surface area contributed by atoms with E-state index in [0.29, 0.717) is 24.3 Å². The molecule has 6 nitrogen and oxygen atoms in total. The van der Waals surface area contributed by atoms with Crippen LogP contribution in [0.4, 0.5) is 0 Å². The Bertz CT molecular complexity index is 593. The molecule has 0 spiro atoms. The highest BCUT2D eigenvalue weighted by atomic mass is 16.5. The number of carbonyl (C=O) groups excluding carboxylic acids is 2. The van der Waals surface area contributed by atoms with Crippen molar-refractivity contribution in [2.45, 2.75) is 31.7 Å². The molecule has 0 unspecified atom stereocenters. The summed E-state index contributed by atoms with van der Waals surface area (Å²) in [5.74, 6) is -0.344. The zero-order valence-corrected chi connectivity index (χ0v) is 13.6. The summed E-state index contributed by atoms with van der Waals surface area (Å²) in [5, 5.41) is 5.64. The largest absolute Gasteiger partial charge is 0.381 e. The second-order valence-electron chi connectivity index (χ2n) is 5.65. The number of carbonyl (C=O) groups is 2. The van der Waals surface area contributed by atoms with Crippen molar-refractivity contribution < 1.29 is 14.3 Å². The quantitative estimate of drug-likeness (QED) is 0.807. The molecule has 2 rings (SSSR count). The van der Waals surface area contributed by atoms with Crippen LogP contribution < -0.4 is 10.6 Å². The van der Waals surface area contributed by atoms with Crippen LogP contribution >= 0.6 is 0 Å². The lowest BCUT2D eigenvalue weighted by Gasteiger charge is -2.36. The van der Waals surface area contributed by atoms with Crippen LogP contribution in [0.25, 0.3) is 6.08 Å². The van der Waals surface area contributed by atoms with Crippen LogP contribution in [0, 0.1) is 0 Å². The van der Waals surface area contributed by atoms with Gasteiger partial charge in [-0.15, -0.1) is 0 Å². The Labute approximate surface area is 136 Å². The molecule has 0 atom stereocenters. The van der Waals surface area contributed by atoms with Gasteiger partial charge in [-0.2, -0.15) is 0 Å². The van der Waals surface area contributed by atoms with Gasteiger partial charge in [-0.1, -0.05) is 6.92 Å². The van der Waals surface area contributed by atoms with Gasteiger partial charge in [0, 0.05) is 44.3 Å². The SMILES string of the molecule is CCC1(NC(=O)/C=C/c2cncc(C(=O)NC)c2)CCOCC1. The van der Waals surface area contributed by atoms with Crippen LogP contribution in [0.3, 0.4) is 0 Å². The fraction of sp³-hybridized carbons (Fsp3) is 0.471. The summed E-state index contributed by atoms with van der Waals surface area (Å²) in [7, 11) is 1.57. The van der Waals surface area contributed by atoms with Crippen molar-refractivity contribution in [2.24, 2.45) is 0 Å². The van der Waals surface area contributed by atoms with Gasteiger partial charge in [-0.3, -0.25) is 14.6 Å². The topological polar surface area (TPSA) is 80.3 Å².